The Kier molecular flexibility index (Phi) is 5.40. The number of nitrogens with two attached hydrogens (primary N) is 1. The molecular weight excluding hydrogens is 216 g/mol. The van der Waals surface area contributed by atoms with Crippen molar-refractivity contribution in [1.29, 1.82) is 0 Å². The largest absolute Gasteiger partial charge is 0.364 e. The average Bonchev–Trinajstić information content (AvgIpc) is 2.35. The van der Waals surface area contributed by atoms with Gasteiger partial charge in [-0.2, -0.15) is 0 Å². The third-order valence-corrected chi connectivity index (χ3v) is 3.82. The van der Waals surface area contributed by atoms with Crippen molar-refractivity contribution < 1.29 is 9.53 Å². The maximum atomic E-state index is 11.7. The molecular formula is C13H26N2O2. The monoisotopic (exact) mass is 242 g/mol. The molecule has 4 heteroatoms. The molecule has 17 heavy (non-hydrogen) atoms. The van der Waals surface area contributed by atoms with E-state index in [0.717, 1.165) is 19.3 Å². The van der Waals surface area contributed by atoms with Crippen LogP contribution in [0.2, 0.25) is 0 Å². The lowest BCUT2D eigenvalue weighted by atomic mass is 9.79. The summed E-state index contributed by atoms with van der Waals surface area (Å²) in [6.45, 7) is 5.58. The van der Waals surface area contributed by atoms with Crippen molar-refractivity contribution in [1.82, 2.24) is 4.90 Å². The topological polar surface area (TPSA) is 55.6 Å². The van der Waals surface area contributed by atoms with Crippen LogP contribution in [-0.4, -0.2) is 43.2 Å². The number of carbonyl (C=O) groups is 1. The van der Waals surface area contributed by atoms with Crippen LogP contribution in [0, 0.1) is 5.92 Å². The zero-order chi connectivity index (χ0) is 12.9. The summed E-state index contributed by atoms with van der Waals surface area (Å²) in [4.78, 5) is 13.4. The van der Waals surface area contributed by atoms with Gasteiger partial charge >= 0.3 is 0 Å². The minimum atomic E-state index is -0.262. The quantitative estimate of drug-likeness (QED) is 0.792. The Hall–Kier alpha value is -0.610. The molecule has 0 aromatic rings. The summed E-state index contributed by atoms with van der Waals surface area (Å²) in [5.41, 5.74) is 5.58. The number of ether oxygens (including phenoxy) is 1. The second kappa shape index (κ2) is 6.36. The van der Waals surface area contributed by atoms with Gasteiger partial charge in [-0.05, 0) is 25.7 Å². The molecule has 0 bridgehead atoms. The van der Waals surface area contributed by atoms with Crippen LogP contribution in [0.4, 0.5) is 0 Å². The van der Waals surface area contributed by atoms with E-state index in [1.54, 1.807) is 11.9 Å². The first-order chi connectivity index (χ1) is 8.03. The summed E-state index contributed by atoms with van der Waals surface area (Å²) in [6.07, 6.45) is 4.35. The fourth-order valence-corrected chi connectivity index (χ4v) is 2.49. The molecule has 0 heterocycles. The molecule has 2 unspecified atom stereocenters. The second-order valence-electron chi connectivity index (χ2n) is 5.29. The smallest absolute Gasteiger partial charge is 0.248 e. The molecule has 2 N–H and O–H groups in total. The first-order valence-corrected chi connectivity index (χ1v) is 6.61. The summed E-state index contributed by atoms with van der Waals surface area (Å²) in [5, 5.41) is 0. The van der Waals surface area contributed by atoms with Gasteiger partial charge < -0.3 is 15.4 Å². The molecule has 2 atom stereocenters. The van der Waals surface area contributed by atoms with E-state index in [1.807, 2.05) is 6.92 Å². The van der Waals surface area contributed by atoms with Gasteiger partial charge in [0.2, 0.25) is 5.91 Å². The molecule has 1 fully saturated rings. The predicted octanol–water partition coefficient (Wildman–Crippen LogP) is 1.39. The number of rotatable bonds is 5. The van der Waals surface area contributed by atoms with E-state index in [4.69, 9.17) is 10.5 Å². The Morgan fingerprint density at radius 3 is 2.82 bits per heavy atom. The highest BCUT2D eigenvalue weighted by atomic mass is 16.5. The highest BCUT2D eigenvalue weighted by molar-refractivity contribution is 5.77. The Morgan fingerprint density at radius 2 is 2.29 bits per heavy atom. The van der Waals surface area contributed by atoms with E-state index in [1.165, 1.54) is 6.42 Å². The van der Waals surface area contributed by atoms with E-state index < -0.39 is 0 Å². The molecule has 0 radical (unpaired) electrons. The molecule has 0 spiro atoms. The molecule has 4 nitrogen and oxygen atoms in total. The minimum Gasteiger partial charge on any atom is -0.364 e. The van der Waals surface area contributed by atoms with Crippen LogP contribution in [0.15, 0.2) is 0 Å². The van der Waals surface area contributed by atoms with Gasteiger partial charge in [0.1, 0.15) is 6.61 Å². The minimum absolute atomic E-state index is 0.0403. The number of hydrogen-bond acceptors (Lipinski definition) is 3. The van der Waals surface area contributed by atoms with Crippen LogP contribution in [0.3, 0.4) is 0 Å². The van der Waals surface area contributed by atoms with Crippen molar-refractivity contribution in [2.45, 2.75) is 45.1 Å². The van der Waals surface area contributed by atoms with Gasteiger partial charge in [-0.1, -0.05) is 19.8 Å². The highest BCUT2D eigenvalue weighted by Crippen LogP contribution is 2.34. The van der Waals surface area contributed by atoms with Crippen molar-refractivity contribution in [2.75, 3.05) is 26.7 Å². The third-order valence-electron chi connectivity index (χ3n) is 3.82. The molecule has 0 aromatic heterocycles. The van der Waals surface area contributed by atoms with Crippen molar-refractivity contribution in [3.05, 3.63) is 0 Å². The molecule has 1 rings (SSSR count). The average molecular weight is 242 g/mol. The fourth-order valence-electron chi connectivity index (χ4n) is 2.49. The number of carbonyl (C=O) groups excluding carboxylic acids is 1. The molecule has 1 saturated carbocycles. The predicted molar refractivity (Wildman–Crippen MR) is 68.7 cm³/mol. The van der Waals surface area contributed by atoms with Gasteiger partial charge in [0, 0.05) is 20.1 Å². The lowest BCUT2D eigenvalue weighted by Gasteiger charge is -2.39. The number of hydrogen-bond donors (Lipinski definition) is 1. The molecule has 0 saturated heterocycles. The molecule has 0 aromatic carbocycles. The van der Waals surface area contributed by atoms with E-state index in [2.05, 4.69) is 6.92 Å². The molecule has 1 amide bonds. The van der Waals surface area contributed by atoms with Crippen LogP contribution >= 0.6 is 0 Å². The Balaban J connectivity index is 2.49. The Labute approximate surface area is 104 Å². The molecule has 0 aliphatic heterocycles. The summed E-state index contributed by atoms with van der Waals surface area (Å²) < 4.78 is 5.86. The van der Waals surface area contributed by atoms with Crippen LogP contribution in [0.25, 0.3) is 0 Å². The first kappa shape index (κ1) is 14.5. The number of likely N-dealkylation sites (N-methyl/N-ethyl adjacent to an activating group) is 1. The SMILES string of the molecule is CCN(C)C(=O)COC1(CN)CCCC(C)C1. The van der Waals surface area contributed by atoms with Gasteiger partial charge in [-0.3, -0.25) is 4.79 Å². The Morgan fingerprint density at radius 1 is 1.59 bits per heavy atom. The summed E-state index contributed by atoms with van der Waals surface area (Å²) in [6, 6.07) is 0. The maximum Gasteiger partial charge on any atom is 0.248 e. The highest BCUT2D eigenvalue weighted by Gasteiger charge is 2.35. The van der Waals surface area contributed by atoms with E-state index in [-0.39, 0.29) is 18.1 Å². The van der Waals surface area contributed by atoms with Gasteiger partial charge in [0.15, 0.2) is 0 Å². The van der Waals surface area contributed by atoms with Gasteiger partial charge in [-0.25, -0.2) is 0 Å². The maximum absolute atomic E-state index is 11.7. The summed E-state index contributed by atoms with van der Waals surface area (Å²) in [7, 11) is 1.80. The lowest BCUT2D eigenvalue weighted by molar-refractivity contribution is -0.145. The molecule has 1 aliphatic rings. The zero-order valence-corrected chi connectivity index (χ0v) is 11.4. The number of amides is 1. The summed E-state index contributed by atoms with van der Waals surface area (Å²) >= 11 is 0. The van der Waals surface area contributed by atoms with Gasteiger partial charge in [0.25, 0.3) is 0 Å². The standard InChI is InChI=1S/C13H26N2O2/c1-4-15(3)12(16)9-17-13(10-14)7-5-6-11(2)8-13/h11H,4-10,14H2,1-3H3. The van der Waals surface area contributed by atoms with Crippen molar-refractivity contribution in [3.63, 3.8) is 0 Å². The van der Waals surface area contributed by atoms with Crippen LogP contribution < -0.4 is 5.73 Å². The first-order valence-electron chi connectivity index (χ1n) is 6.61. The second-order valence-corrected chi connectivity index (χ2v) is 5.29. The van der Waals surface area contributed by atoms with Gasteiger partial charge in [-0.15, -0.1) is 0 Å². The zero-order valence-electron chi connectivity index (χ0n) is 11.4. The molecule has 1 aliphatic carbocycles. The lowest BCUT2D eigenvalue weighted by Crippen LogP contribution is -2.46. The van der Waals surface area contributed by atoms with Crippen LogP contribution in [-0.2, 0) is 9.53 Å². The fraction of sp³-hybridized carbons (Fsp3) is 0.923. The van der Waals surface area contributed by atoms with Gasteiger partial charge in [0.05, 0.1) is 5.60 Å². The van der Waals surface area contributed by atoms with E-state index in [0.29, 0.717) is 19.0 Å². The normalized spacial score (nSPS) is 29.1. The van der Waals surface area contributed by atoms with Crippen molar-refractivity contribution in [2.24, 2.45) is 11.7 Å². The van der Waals surface area contributed by atoms with E-state index >= 15 is 0 Å². The Bertz CT molecular complexity index is 258. The van der Waals surface area contributed by atoms with Crippen LogP contribution in [0.5, 0.6) is 0 Å². The van der Waals surface area contributed by atoms with E-state index in [9.17, 15) is 4.79 Å². The summed E-state index contributed by atoms with van der Waals surface area (Å²) in [5.74, 6) is 0.685. The number of nitrogens with zero attached hydrogens (tertiary/aromatic N) is 1. The third kappa shape index (κ3) is 3.96. The van der Waals surface area contributed by atoms with Crippen molar-refractivity contribution >= 4 is 5.91 Å². The molecule has 100 valence electrons. The van der Waals surface area contributed by atoms with Crippen LogP contribution in [0.1, 0.15) is 39.5 Å². The van der Waals surface area contributed by atoms with Crippen molar-refractivity contribution in [3.8, 4) is 0 Å².